The van der Waals surface area contributed by atoms with Crippen LogP contribution < -0.4 is 5.32 Å². The third kappa shape index (κ3) is 3.03. The summed E-state index contributed by atoms with van der Waals surface area (Å²) in [6.45, 7) is 2.67. The van der Waals surface area contributed by atoms with Gasteiger partial charge in [-0.3, -0.25) is 4.68 Å². The molecule has 1 aromatic carbocycles. The molecule has 2 aromatic heterocycles. The summed E-state index contributed by atoms with van der Waals surface area (Å²) in [5.74, 6) is 0.986. The topological polar surface area (TPSA) is 43.0 Å². The van der Waals surface area contributed by atoms with E-state index in [0.29, 0.717) is 0 Å². The van der Waals surface area contributed by atoms with E-state index in [-0.39, 0.29) is 0 Å². The average molecular weight is 255 g/mol. The van der Waals surface area contributed by atoms with Gasteiger partial charge in [0.15, 0.2) is 0 Å². The number of fused-ring (bicyclic) bond motifs is 1. The lowest BCUT2D eigenvalue weighted by Crippen LogP contribution is -2.16. The number of rotatable bonds is 6. The molecule has 0 aliphatic rings. The molecule has 0 radical (unpaired) electrons. The SMILES string of the molecule is c1ccc2oc(CNCCCn3cccn3)cc2c1. The first-order chi connectivity index (χ1) is 9.42. The lowest BCUT2D eigenvalue weighted by molar-refractivity contribution is 0.493. The van der Waals surface area contributed by atoms with Crippen molar-refractivity contribution in [2.24, 2.45) is 0 Å². The zero-order valence-corrected chi connectivity index (χ0v) is 10.7. The van der Waals surface area contributed by atoms with Crippen LogP contribution in [0, 0.1) is 0 Å². The summed E-state index contributed by atoms with van der Waals surface area (Å²) in [6, 6.07) is 12.1. The van der Waals surface area contributed by atoms with Crippen LogP contribution in [0.25, 0.3) is 11.0 Å². The number of aromatic nitrogens is 2. The minimum Gasteiger partial charge on any atom is -0.460 e. The van der Waals surface area contributed by atoms with Crippen molar-refractivity contribution >= 4 is 11.0 Å². The van der Waals surface area contributed by atoms with E-state index in [1.54, 1.807) is 0 Å². The summed E-state index contributed by atoms with van der Waals surface area (Å²) in [5.41, 5.74) is 0.954. The predicted molar refractivity (Wildman–Crippen MR) is 74.8 cm³/mol. The number of hydrogen-bond donors (Lipinski definition) is 1. The summed E-state index contributed by atoms with van der Waals surface area (Å²) < 4.78 is 7.69. The van der Waals surface area contributed by atoms with Crippen LogP contribution in [0.2, 0.25) is 0 Å². The molecule has 0 aliphatic carbocycles. The van der Waals surface area contributed by atoms with Crippen LogP contribution in [0.3, 0.4) is 0 Å². The summed E-state index contributed by atoms with van der Waals surface area (Å²) in [4.78, 5) is 0. The van der Waals surface area contributed by atoms with Gasteiger partial charge in [-0.25, -0.2) is 0 Å². The zero-order chi connectivity index (χ0) is 12.9. The highest BCUT2D eigenvalue weighted by Gasteiger charge is 2.01. The minimum atomic E-state index is 0.772. The minimum absolute atomic E-state index is 0.772. The fourth-order valence-electron chi connectivity index (χ4n) is 2.13. The van der Waals surface area contributed by atoms with Crippen molar-refractivity contribution < 1.29 is 4.42 Å². The maximum absolute atomic E-state index is 5.74. The maximum Gasteiger partial charge on any atom is 0.134 e. The van der Waals surface area contributed by atoms with Crippen molar-refractivity contribution in [3.8, 4) is 0 Å². The monoisotopic (exact) mass is 255 g/mol. The van der Waals surface area contributed by atoms with Crippen molar-refractivity contribution in [1.82, 2.24) is 15.1 Å². The van der Waals surface area contributed by atoms with Crippen LogP contribution in [-0.4, -0.2) is 16.3 Å². The van der Waals surface area contributed by atoms with E-state index >= 15 is 0 Å². The number of nitrogens with one attached hydrogen (secondary N) is 1. The standard InChI is InChI=1S/C15H17N3O/c1-2-6-15-13(5-1)11-14(19-15)12-16-7-3-9-18-10-4-8-17-18/h1-2,4-6,8,10-11,16H,3,7,9,12H2. The van der Waals surface area contributed by atoms with Gasteiger partial charge in [0.1, 0.15) is 11.3 Å². The van der Waals surface area contributed by atoms with Crippen LogP contribution in [-0.2, 0) is 13.1 Å². The lowest BCUT2D eigenvalue weighted by Gasteiger charge is -2.03. The molecule has 0 unspecified atom stereocenters. The lowest BCUT2D eigenvalue weighted by atomic mass is 10.2. The Morgan fingerprint density at radius 2 is 2.16 bits per heavy atom. The molecule has 1 N–H and O–H groups in total. The van der Waals surface area contributed by atoms with E-state index in [4.69, 9.17) is 4.42 Å². The Morgan fingerprint density at radius 3 is 3.00 bits per heavy atom. The van der Waals surface area contributed by atoms with Crippen molar-refractivity contribution in [1.29, 1.82) is 0 Å². The van der Waals surface area contributed by atoms with E-state index in [1.165, 1.54) is 0 Å². The maximum atomic E-state index is 5.74. The van der Waals surface area contributed by atoms with Crippen molar-refractivity contribution in [3.05, 3.63) is 54.6 Å². The Kier molecular flexibility index (Phi) is 3.61. The van der Waals surface area contributed by atoms with E-state index < -0.39 is 0 Å². The third-order valence-electron chi connectivity index (χ3n) is 3.08. The van der Waals surface area contributed by atoms with Crippen LogP contribution in [0.4, 0.5) is 0 Å². The van der Waals surface area contributed by atoms with E-state index in [1.807, 2.05) is 41.3 Å². The van der Waals surface area contributed by atoms with Crippen molar-refractivity contribution in [3.63, 3.8) is 0 Å². The first-order valence-corrected chi connectivity index (χ1v) is 6.57. The Bertz CT molecular complexity index is 595. The number of benzene rings is 1. The molecular formula is C15H17N3O. The third-order valence-corrected chi connectivity index (χ3v) is 3.08. The normalized spacial score (nSPS) is 11.2. The molecule has 3 aromatic rings. The summed E-state index contributed by atoms with van der Waals surface area (Å²) in [5, 5.41) is 8.72. The van der Waals surface area contributed by atoms with Gasteiger partial charge in [-0.15, -0.1) is 0 Å². The van der Waals surface area contributed by atoms with E-state index in [2.05, 4.69) is 22.5 Å². The van der Waals surface area contributed by atoms with Gasteiger partial charge in [0.05, 0.1) is 6.54 Å². The van der Waals surface area contributed by atoms with Crippen molar-refractivity contribution in [2.45, 2.75) is 19.5 Å². The van der Waals surface area contributed by atoms with Crippen LogP contribution >= 0.6 is 0 Å². The van der Waals surface area contributed by atoms with Crippen LogP contribution in [0.5, 0.6) is 0 Å². The number of aryl methyl sites for hydroxylation is 1. The average Bonchev–Trinajstić information content (AvgIpc) is 3.06. The first-order valence-electron chi connectivity index (χ1n) is 6.57. The molecule has 2 heterocycles. The number of para-hydroxylation sites is 1. The zero-order valence-electron chi connectivity index (χ0n) is 10.7. The molecule has 0 atom stereocenters. The molecule has 3 rings (SSSR count). The Morgan fingerprint density at radius 1 is 1.21 bits per heavy atom. The second-order valence-electron chi connectivity index (χ2n) is 4.55. The van der Waals surface area contributed by atoms with Gasteiger partial charge in [0.2, 0.25) is 0 Å². The molecule has 4 nitrogen and oxygen atoms in total. The second-order valence-corrected chi connectivity index (χ2v) is 4.55. The Hall–Kier alpha value is -2.07. The second kappa shape index (κ2) is 5.71. The quantitative estimate of drug-likeness (QED) is 0.689. The molecule has 0 fully saturated rings. The molecule has 0 spiro atoms. The Labute approximate surface area is 112 Å². The van der Waals surface area contributed by atoms with Gasteiger partial charge < -0.3 is 9.73 Å². The highest BCUT2D eigenvalue weighted by atomic mass is 16.3. The van der Waals surface area contributed by atoms with Gasteiger partial charge in [-0.05, 0) is 31.2 Å². The highest BCUT2D eigenvalue weighted by Crippen LogP contribution is 2.18. The largest absolute Gasteiger partial charge is 0.460 e. The fraction of sp³-hybridized carbons (Fsp3) is 0.267. The number of furan rings is 1. The van der Waals surface area contributed by atoms with Gasteiger partial charge in [0.25, 0.3) is 0 Å². The number of hydrogen-bond acceptors (Lipinski definition) is 3. The van der Waals surface area contributed by atoms with E-state index in [9.17, 15) is 0 Å². The van der Waals surface area contributed by atoms with Gasteiger partial charge in [-0.2, -0.15) is 5.10 Å². The molecule has 4 heteroatoms. The highest BCUT2D eigenvalue weighted by molar-refractivity contribution is 5.77. The summed E-state index contributed by atoms with van der Waals surface area (Å²) in [7, 11) is 0. The van der Waals surface area contributed by atoms with Crippen molar-refractivity contribution in [2.75, 3.05) is 6.54 Å². The smallest absolute Gasteiger partial charge is 0.134 e. The fourth-order valence-corrected chi connectivity index (χ4v) is 2.13. The van der Waals surface area contributed by atoms with E-state index in [0.717, 1.165) is 42.8 Å². The van der Waals surface area contributed by atoms with Gasteiger partial charge >= 0.3 is 0 Å². The van der Waals surface area contributed by atoms with Gasteiger partial charge in [-0.1, -0.05) is 18.2 Å². The van der Waals surface area contributed by atoms with Crippen LogP contribution in [0.15, 0.2) is 53.2 Å². The molecule has 98 valence electrons. The van der Waals surface area contributed by atoms with Gasteiger partial charge in [0, 0.05) is 24.3 Å². The molecular weight excluding hydrogens is 238 g/mol. The predicted octanol–water partition coefficient (Wildman–Crippen LogP) is 2.81. The molecule has 0 saturated heterocycles. The molecule has 0 aliphatic heterocycles. The molecule has 0 bridgehead atoms. The molecule has 0 saturated carbocycles. The first kappa shape index (κ1) is 12.0. The Balaban J connectivity index is 1.44. The number of nitrogens with zero attached hydrogens (tertiary/aromatic N) is 2. The summed E-state index contributed by atoms with van der Waals surface area (Å²) in [6.07, 6.45) is 4.85. The molecule has 0 amide bonds. The molecule has 19 heavy (non-hydrogen) atoms. The summed E-state index contributed by atoms with van der Waals surface area (Å²) >= 11 is 0. The van der Waals surface area contributed by atoms with Crippen LogP contribution in [0.1, 0.15) is 12.2 Å².